The van der Waals surface area contributed by atoms with Gasteiger partial charge in [-0.25, -0.2) is 4.39 Å². The predicted molar refractivity (Wildman–Crippen MR) is 165 cm³/mol. The van der Waals surface area contributed by atoms with Gasteiger partial charge in [0.25, 0.3) is 0 Å². The number of rotatable bonds is 12. The molecule has 0 bridgehead atoms. The van der Waals surface area contributed by atoms with Gasteiger partial charge in [0, 0.05) is 34.7 Å². The lowest BCUT2D eigenvalue weighted by atomic mass is 9.69. The molecule has 0 spiro atoms. The van der Waals surface area contributed by atoms with Gasteiger partial charge in [0.2, 0.25) is 12.7 Å². The molecule has 3 heterocycles. The van der Waals surface area contributed by atoms with Crippen LogP contribution in [-0.2, 0) is 16.6 Å². The SMILES string of the molecule is C=C(C)C[C@@H](O)COc1cc2c(cc1C1(c3cc4c(cc3OC[C@H](O)CC(=C)C)OCO4)C(=O)Nc3c(F)cccc31)OCC2. The third kappa shape index (κ3) is 5.60. The van der Waals surface area contributed by atoms with Gasteiger partial charge in [-0.1, -0.05) is 23.3 Å². The second kappa shape index (κ2) is 12.1. The molecule has 45 heavy (non-hydrogen) atoms. The Morgan fingerprint density at radius 1 is 0.911 bits per heavy atom. The van der Waals surface area contributed by atoms with Gasteiger partial charge in [-0.05, 0) is 51.0 Å². The minimum atomic E-state index is -1.73. The van der Waals surface area contributed by atoms with Crippen LogP contribution in [0.2, 0.25) is 0 Å². The van der Waals surface area contributed by atoms with Crippen molar-refractivity contribution < 1.29 is 43.1 Å². The number of hydrogen-bond acceptors (Lipinski definition) is 8. The number of ether oxygens (including phenoxy) is 5. The quantitative estimate of drug-likeness (QED) is 0.238. The van der Waals surface area contributed by atoms with Gasteiger partial charge >= 0.3 is 0 Å². The summed E-state index contributed by atoms with van der Waals surface area (Å²) in [5.74, 6) is 0.706. The third-order valence-corrected chi connectivity index (χ3v) is 8.10. The van der Waals surface area contributed by atoms with Crippen molar-refractivity contribution in [2.24, 2.45) is 0 Å². The number of carbonyl (C=O) groups is 1. The summed E-state index contributed by atoms with van der Waals surface area (Å²) in [4.78, 5) is 14.6. The number of nitrogens with one attached hydrogen (secondary N) is 1. The van der Waals surface area contributed by atoms with Crippen LogP contribution in [0.4, 0.5) is 10.1 Å². The van der Waals surface area contributed by atoms with Gasteiger partial charge in [-0.2, -0.15) is 0 Å². The Kier molecular flexibility index (Phi) is 8.20. The highest BCUT2D eigenvalue weighted by atomic mass is 19.1. The number of para-hydroxylation sites is 1. The fraction of sp³-hybridized carbons (Fsp3) is 0.343. The van der Waals surface area contributed by atoms with Crippen LogP contribution in [-0.4, -0.2) is 54.9 Å². The molecule has 3 aromatic carbocycles. The molecule has 0 fully saturated rings. The zero-order chi connectivity index (χ0) is 31.9. The highest BCUT2D eigenvalue weighted by molar-refractivity contribution is 6.12. The van der Waals surface area contributed by atoms with E-state index in [1.54, 1.807) is 24.3 Å². The van der Waals surface area contributed by atoms with E-state index in [9.17, 15) is 15.0 Å². The second-order valence-electron chi connectivity index (χ2n) is 11.9. The van der Waals surface area contributed by atoms with E-state index in [1.807, 2.05) is 19.9 Å². The number of benzene rings is 3. The summed E-state index contributed by atoms with van der Waals surface area (Å²) in [6, 6.07) is 11.3. The van der Waals surface area contributed by atoms with Crippen LogP contribution in [0, 0.1) is 5.82 Å². The zero-order valence-electron chi connectivity index (χ0n) is 25.3. The van der Waals surface area contributed by atoms with Crippen molar-refractivity contribution in [3.8, 4) is 28.7 Å². The number of fused-ring (bicyclic) bond motifs is 3. The molecular formula is C35H36FNO8. The lowest BCUT2D eigenvalue weighted by Gasteiger charge is -2.33. The predicted octanol–water partition coefficient (Wildman–Crippen LogP) is 5.19. The summed E-state index contributed by atoms with van der Waals surface area (Å²) in [5, 5.41) is 24.1. The van der Waals surface area contributed by atoms with Crippen LogP contribution < -0.4 is 29.0 Å². The first kappa shape index (κ1) is 30.5. The monoisotopic (exact) mass is 617 g/mol. The lowest BCUT2D eigenvalue weighted by Crippen LogP contribution is -2.38. The standard InChI is InChI=1S/C35H36FNO8/c1-19(2)10-22(38)16-42-29-12-21-8-9-41-28(21)13-25(29)35(24-6-5-7-27(36)33(24)37-34(35)40)26-14-31-32(45-18-44-31)15-30(26)43-17-23(39)11-20(3)4/h5-7,12-15,22-23,38-39H,1,3,8-11,16-18H2,2,4H3,(H,37,40)/t22-,23-,35?/m1/s1. The molecular weight excluding hydrogens is 581 g/mol. The molecule has 3 aliphatic heterocycles. The van der Waals surface area contributed by atoms with E-state index in [0.29, 0.717) is 65.6 Å². The Morgan fingerprint density at radius 2 is 1.51 bits per heavy atom. The van der Waals surface area contributed by atoms with Crippen molar-refractivity contribution >= 4 is 11.6 Å². The molecule has 9 nitrogen and oxygen atoms in total. The number of halogens is 1. The van der Waals surface area contributed by atoms with Crippen molar-refractivity contribution in [1.82, 2.24) is 0 Å². The van der Waals surface area contributed by atoms with E-state index in [-0.39, 0.29) is 31.4 Å². The summed E-state index contributed by atoms with van der Waals surface area (Å²) in [5.41, 5.74) is 1.74. The molecule has 236 valence electrons. The van der Waals surface area contributed by atoms with E-state index in [4.69, 9.17) is 23.7 Å². The van der Waals surface area contributed by atoms with Gasteiger partial charge < -0.3 is 39.2 Å². The Balaban J connectivity index is 1.59. The summed E-state index contributed by atoms with van der Waals surface area (Å²) < 4.78 is 45.2. The first-order valence-electron chi connectivity index (χ1n) is 14.8. The first-order chi connectivity index (χ1) is 21.6. The Bertz CT molecular complexity index is 1600. The number of anilines is 1. The number of carbonyl (C=O) groups excluding carboxylic acids is 1. The van der Waals surface area contributed by atoms with Gasteiger partial charge in [-0.3, -0.25) is 4.79 Å². The molecule has 10 heteroatoms. The Labute approximate surface area is 260 Å². The maximum atomic E-state index is 15.4. The highest BCUT2D eigenvalue weighted by Crippen LogP contribution is 2.56. The van der Waals surface area contributed by atoms with Crippen molar-refractivity contribution in [3.63, 3.8) is 0 Å². The molecule has 1 unspecified atom stereocenters. The number of hydrogen-bond donors (Lipinski definition) is 3. The van der Waals surface area contributed by atoms with E-state index in [2.05, 4.69) is 18.5 Å². The van der Waals surface area contributed by atoms with Crippen molar-refractivity contribution in [3.05, 3.63) is 94.8 Å². The zero-order valence-corrected chi connectivity index (χ0v) is 25.3. The van der Waals surface area contributed by atoms with Gasteiger partial charge in [-0.15, -0.1) is 13.2 Å². The normalized spacial score (nSPS) is 18.8. The van der Waals surface area contributed by atoms with Gasteiger partial charge in [0.05, 0.1) is 24.5 Å². The summed E-state index contributed by atoms with van der Waals surface area (Å²) in [6.45, 7) is 11.6. The molecule has 0 aromatic heterocycles. The van der Waals surface area contributed by atoms with E-state index < -0.39 is 29.3 Å². The minimum Gasteiger partial charge on any atom is -0.493 e. The summed E-state index contributed by atoms with van der Waals surface area (Å²) >= 11 is 0. The fourth-order valence-corrected chi connectivity index (χ4v) is 6.22. The van der Waals surface area contributed by atoms with Crippen molar-refractivity contribution in [2.45, 2.75) is 50.7 Å². The van der Waals surface area contributed by atoms with Gasteiger partial charge in [0.1, 0.15) is 41.7 Å². The molecule has 3 aromatic rings. The Morgan fingerprint density at radius 3 is 2.16 bits per heavy atom. The third-order valence-electron chi connectivity index (χ3n) is 8.10. The van der Waals surface area contributed by atoms with E-state index in [0.717, 1.165) is 16.7 Å². The van der Waals surface area contributed by atoms with Crippen LogP contribution in [0.5, 0.6) is 28.7 Å². The number of amides is 1. The van der Waals surface area contributed by atoms with E-state index in [1.165, 1.54) is 12.1 Å². The molecule has 0 radical (unpaired) electrons. The van der Waals surface area contributed by atoms with Crippen LogP contribution in [0.15, 0.2) is 66.8 Å². The molecule has 0 aliphatic carbocycles. The van der Waals surface area contributed by atoms with Crippen LogP contribution >= 0.6 is 0 Å². The lowest BCUT2D eigenvalue weighted by molar-refractivity contribution is -0.118. The topological polar surface area (TPSA) is 116 Å². The van der Waals surface area contributed by atoms with Crippen molar-refractivity contribution in [1.29, 1.82) is 0 Å². The number of aliphatic hydroxyl groups is 2. The molecule has 6 rings (SSSR count). The van der Waals surface area contributed by atoms with Crippen LogP contribution in [0.1, 0.15) is 48.9 Å². The van der Waals surface area contributed by atoms with Crippen molar-refractivity contribution in [2.75, 3.05) is 31.9 Å². The smallest absolute Gasteiger partial charge is 0.244 e. The summed E-state index contributed by atoms with van der Waals surface area (Å²) in [7, 11) is 0. The fourth-order valence-electron chi connectivity index (χ4n) is 6.22. The second-order valence-corrected chi connectivity index (χ2v) is 11.9. The molecule has 3 aliphatic rings. The largest absolute Gasteiger partial charge is 0.493 e. The average molecular weight is 618 g/mol. The molecule has 0 saturated heterocycles. The number of aliphatic hydroxyl groups excluding tert-OH is 2. The van der Waals surface area contributed by atoms with Crippen LogP contribution in [0.3, 0.4) is 0 Å². The average Bonchev–Trinajstić information content (AvgIpc) is 3.71. The molecule has 3 N–H and O–H groups in total. The first-order valence-corrected chi connectivity index (χ1v) is 14.8. The van der Waals surface area contributed by atoms with Crippen LogP contribution in [0.25, 0.3) is 0 Å². The maximum Gasteiger partial charge on any atom is 0.244 e. The highest BCUT2D eigenvalue weighted by Gasteiger charge is 2.55. The van der Waals surface area contributed by atoms with Gasteiger partial charge in [0.15, 0.2) is 11.5 Å². The molecule has 0 saturated carbocycles. The van der Waals surface area contributed by atoms with E-state index >= 15 is 4.39 Å². The maximum absolute atomic E-state index is 15.4. The molecule has 1 amide bonds. The Hall–Kier alpha value is -4.54. The minimum absolute atomic E-state index is 0.0168. The molecule has 3 atom stereocenters. The summed E-state index contributed by atoms with van der Waals surface area (Å²) in [6.07, 6.45) is -0.454.